The highest BCUT2D eigenvalue weighted by Crippen LogP contribution is 2.22. The van der Waals surface area contributed by atoms with Crippen molar-refractivity contribution in [2.75, 3.05) is 37.6 Å². The van der Waals surface area contributed by atoms with E-state index in [-0.39, 0.29) is 6.54 Å². The number of carboxylic acids is 1. The number of hydrogen-bond donors (Lipinski definition) is 2. The number of nitrogens with two attached hydrogens (primary N) is 1. The lowest BCUT2D eigenvalue weighted by Crippen LogP contribution is -2.48. The number of aliphatic carboxylic acids is 1. The van der Waals surface area contributed by atoms with Crippen molar-refractivity contribution in [3.8, 4) is 11.1 Å². The van der Waals surface area contributed by atoms with Gasteiger partial charge in [0, 0.05) is 37.9 Å². The maximum absolute atomic E-state index is 10.8. The number of rotatable bonds is 5. The number of anilines is 1. The molecule has 25 heavy (non-hydrogen) atoms. The first-order chi connectivity index (χ1) is 12.2. The number of pyridine rings is 1. The molecule has 0 aliphatic carbocycles. The minimum atomic E-state index is -0.778. The van der Waals surface area contributed by atoms with Crippen LogP contribution in [0.4, 0.5) is 5.82 Å². The Hall–Kier alpha value is -2.93. The molecule has 0 spiro atoms. The van der Waals surface area contributed by atoms with Gasteiger partial charge in [-0.05, 0) is 23.3 Å². The molecule has 0 amide bonds. The average molecular weight is 339 g/mol. The van der Waals surface area contributed by atoms with E-state index in [2.05, 4.69) is 21.1 Å². The summed E-state index contributed by atoms with van der Waals surface area (Å²) in [5.74, 6) is 5.30. The molecular formula is C18H21N5O2. The van der Waals surface area contributed by atoms with Crippen LogP contribution in [0.15, 0.2) is 47.7 Å². The van der Waals surface area contributed by atoms with Crippen LogP contribution in [0.3, 0.4) is 0 Å². The summed E-state index contributed by atoms with van der Waals surface area (Å²) in [7, 11) is 0. The molecule has 130 valence electrons. The predicted molar refractivity (Wildman–Crippen MR) is 97.7 cm³/mol. The summed E-state index contributed by atoms with van der Waals surface area (Å²) < 4.78 is 0. The normalized spacial score (nSPS) is 15.6. The fraction of sp³-hybridized carbons (Fsp3) is 0.278. The molecule has 0 radical (unpaired) electrons. The molecule has 1 saturated heterocycles. The van der Waals surface area contributed by atoms with E-state index < -0.39 is 5.97 Å². The Balaban J connectivity index is 1.63. The van der Waals surface area contributed by atoms with Crippen molar-refractivity contribution in [1.82, 2.24) is 9.88 Å². The lowest BCUT2D eigenvalue weighted by atomic mass is 10.1. The van der Waals surface area contributed by atoms with Crippen LogP contribution in [0.5, 0.6) is 0 Å². The average Bonchev–Trinajstić information content (AvgIpc) is 2.63. The van der Waals surface area contributed by atoms with E-state index in [9.17, 15) is 4.79 Å². The van der Waals surface area contributed by atoms with Crippen molar-refractivity contribution >= 4 is 18.0 Å². The number of aromatic nitrogens is 1. The molecule has 1 aliphatic rings. The second kappa shape index (κ2) is 7.76. The molecule has 1 aliphatic heterocycles. The van der Waals surface area contributed by atoms with Crippen LogP contribution in [-0.4, -0.2) is 59.9 Å². The fourth-order valence-corrected chi connectivity index (χ4v) is 2.92. The third kappa shape index (κ3) is 4.33. The molecule has 3 N–H and O–H groups in total. The van der Waals surface area contributed by atoms with Gasteiger partial charge in [0.2, 0.25) is 0 Å². The predicted octanol–water partition coefficient (Wildman–Crippen LogP) is 1.25. The van der Waals surface area contributed by atoms with E-state index in [0.717, 1.165) is 48.7 Å². The molecule has 2 heterocycles. The maximum atomic E-state index is 10.8. The first kappa shape index (κ1) is 16.9. The smallest absolute Gasteiger partial charge is 0.317 e. The van der Waals surface area contributed by atoms with Crippen LogP contribution in [0.2, 0.25) is 0 Å². The van der Waals surface area contributed by atoms with Gasteiger partial charge in [-0.3, -0.25) is 9.69 Å². The van der Waals surface area contributed by atoms with Gasteiger partial charge in [-0.25, -0.2) is 4.98 Å². The van der Waals surface area contributed by atoms with E-state index in [4.69, 9.17) is 10.9 Å². The summed E-state index contributed by atoms with van der Waals surface area (Å²) in [6, 6.07) is 12.0. The first-order valence-electron chi connectivity index (χ1n) is 8.14. The van der Waals surface area contributed by atoms with Crippen LogP contribution >= 0.6 is 0 Å². The Morgan fingerprint density at radius 1 is 1.12 bits per heavy atom. The summed E-state index contributed by atoms with van der Waals surface area (Å²) in [6.45, 7) is 3.14. The Labute approximate surface area is 146 Å². The number of piperazine rings is 1. The lowest BCUT2D eigenvalue weighted by Gasteiger charge is -2.34. The van der Waals surface area contributed by atoms with Crippen LogP contribution in [0.25, 0.3) is 11.1 Å². The van der Waals surface area contributed by atoms with E-state index in [0.29, 0.717) is 0 Å². The van der Waals surface area contributed by atoms with Gasteiger partial charge in [0.15, 0.2) is 0 Å². The highest BCUT2D eigenvalue weighted by Gasteiger charge is 2.19. The number of carbonyl (C=O) groups is 1. The minimum absolute atomic E-state index is 0.102. The molecule has 7 heteroatoms. The zero-order valence-electron chi connectivity index (χ0n) is 13.9. The van der Waals surface area contributed by atoms with E-state index in [1.54, 1.807) is 6.21 Å². The van der Waals surface area contributed by atoms with Crippen molar-refractivity contribution in [3.05, 3.63) is 48.2 Å². The van der Waals surface area contributed by atoms with Gasteiger partial charge in [0.05, 0.1) is 12.8 Å². The van der Waals surface area contributed by atoms with Gasteiger partial charge < -0.3 is 15.8 Å². The summed E-state index contributed by atoms with van der Waals surface area (Å²) in [5, 5.41) is 12.4. The molecule has 0 saturated carbocycles. The Bertz CT molecular complexity index is 735. The number of nitrogens with zero attached hydrogens (tertiary/aromatic N) is 4. The molecule has 1 aromatic heterocycles. The molecule has 7 nitrogen and oxygen atoms in total. The zero-order chi connectivity index (χ0) is 17.6. The molecule has 1 fully saturated rings. The summed E-state index contributed by atoms with van der Waals surface area (Å²) in [5.41, 5.74) is 3.08. The van der Waals surface area contributed by atoms with Gasteiger partial charge in [0.25, 0.3) is 0 Å². The molecule has 1 aromatic carbocycles. The van der Waals surface area contributed by atoms with Crippen LogP contribution in [0, 0.1) is 0 Å². The monoisotopic (exact) mass is 339 g/mol. The number of hydrogen-bond acceptors (Lipinski definition) is 6. The first-order valence-corrected chi connectivity index (χ1v) is 8.14. The van der Waals surface area contributed by atoms with Gasteiger partial charge in [-0.2, -0.15) is 5.10 Å². The van der Waals surface area contributed by atoms with E-state index >= 15 is 0 Å². The fourth-order valence-electron chi connectivity index (χ4n) is 2.92. The molecule has 3 rings (SSSR count). The SMILES string of the molecule is NN=Cc1ccc(-c2ccc(N3CCN(CC(=O)O)CC3)nc2)cc1. The Morgan fingerprint density at radius 3 is 2.36 bits per heavy atom. The van der Waals surface area contributed by atoms with E-state index in [1.165, 1.54) is 0 Å². The molecular weight excluding hydrogens is 318 g/mol. The lowest BCUT2D eigenvalue weighted by molar-refractivity contribution is -0.138. The maximum Gasteiger partial charge on any atom is 0.317 e. The number of hydrazone groups is 1. The third-order valence-electron chi connectivity index (χ3n) is 4.27. The second-order valence-electron chi connectivity index (χ2n) is 5.96. The summed E-state index contributed by atoms with van der Waals surface area (Å²) in [4.78, 5) is 19.5. The van der Waals surface area contributed by atoms with Crippen LogP contribution in [-0.2, 0) is 4.79 Å². The standard InChI is InChI=1S/C18H21N5O2/c19-21-11-14-1-3-15(4-2-14)16-5-6-17(20-12-16)23-9-7-22(8-10-23)13-18(24)25/h1-6,11-12H,7-10,13,19H2,(H,24,25). The van der Waals surface area contributed by atoms with E-state index in [1.807, 2.05) is 41.4 Å². The van der Waals surface area contributed by atoms with Crippen molar-refractivity contribution in [3.63, 3.8) is 0 Å². The molecule has 0 atom stereocenters. The minimum Gasteiger partial charge on any atom is -0.480 e. The topological polar surface area (TPSA) is 95.0 Å². The Morgan fingerprint density at radius 2 is 1.80 bits per heavy atom. The second-order valence-corrected chi connectivity index (χ2v) is 5.96. The zero-order valence-corrected chi connectivity index (χ0v) is 13.9. The highest BCUT2D eigenvalue weighted by atomic mass is 16.4. The van der Waals surface area contributed by atoms with Gasteiger partial charge >= 0.3 is 5.97 Å². The number of carboxylic acid groups (broad SMARTS) is 1. The van der Waals surface area contributed by atoms with Crippen LogP contribution < -0.4 is 10.7 Å². The molecule has 0 unspecified atom stereocenters. The van der Waals surface area contributed by atoms with Crippen LogP contribution in [0.1, 0.15) is 5.56 Å². The van der Waals surface area contributed by atoms with Crippen molar-refractivity contribution in [1.29, 1.82) is 0 Å². The van der Waals surface area contributed by atoms with Gasteiger partial charge in [0.1, 0.15) is 5.82 Å². The number of benzene rings is 1. The molecule has 0 bridgehead atoms. The molecule has 2 aromatic rings. The quantitative estimate of drug-likeness (QED) is 0.484. The Kier molecular flexibility index (Phi) is 5.25. The van der Waals surface area contributed by atoms with Gasteiger partial charge in [-0.1, -0.05) is 24.3 Å². The third-order valence-corrected chi connectivity index (χ3v) is 4.27. The van der Waals surface area contributed by atoms with Crippen molar-refractivity contribution in [2.24, 2.45) is 10.9 Å². The van der Waals surface area contributed by atoms with Crippen molar-refractivity contribution < 1.29 is 9.90 Å². The van der Waals surface area contributed by atoms with Crippen molar-refractivity contribution in [2.45, 2.75) is 0 Å². The van der Waals surface area contributed by atoms with Gasteiger partial charge in [-0.15, -0.1) is 0 Å². The summed E-state index contributed by atoms with van der Waals surface area (Å²) in [6.07, 6.45) is 3.47. The highest BCUT2D eigenvalue weighted by molar-refractivity contribution is 5.80. The largest absolute Gasteiger partial charge is 0.480 e. The summed E-state index contributed by atoms with van der Waals surface area (Å²) >= 11 is 0.